The van der Waals surface area contributed by atoms with Crippen LogP contribution < -0.4 is 10.6 Å². The van der Waals surface area contributed by atoms with Crippen molar-refractivity contribution in [1.82, 2.24) is 10.6 Å². The molecule has 0 aliphatic carbocycles. The highest BCUT2D eigenvalue weighted by Crippen LogP contribution is 2.40. The normalized spacial score (nSPS) is 13.2. The van der Waals surface area contributed by atoms with Gasteiger partial charge in [0.2, 0.25) is 0 Å². The van der Waals surface area contributed by atoms with Crippen molar-refractivity contribution in [3.8, 4) is 11.5 Å². The summed E-state index contributed by atoms with van der Waals surface area (Å²) in [5, 5.41) is 27.7. The van der Waals surface area contributed by atoms with E-state index < -0.39 is 8.32 Å². The van der Waals surface area contributed by atoms with Gasteiger partial charge in [0.15, 0.2) is 8.32 Å². The lowest BCUT2D eigenvalue weighted by Crippen LogP contribution is -2.47. The topological polar surface area (TPSA) is 90.8 Å². The summed E-state index contributed by atoms with van der Waals surface area (Å²) in [5.74, 6) is -0.0872. The highest BCUT2D eigenvalue weighted by atomic mass is 35.5. The highest BCUT2D eigenvalue weighted by Gasteiger charge is 2.40. The first-order chi connectivity index (χ1) is 19.0. The second kappa shape index (κ2) is 13.4. The Hall–Kier alpha value is -2.84. The molecular weight excluding hydrogens is 552 g/mol. The van der Waals surface area contributed by atoms with Gasteiger partial charge in [-0.15, -0.1) is 0 Å². The van der Waals surface area contributed by atoms with Crippen LogP contribution in [-0.2, 0) is 17.3 Å². The van der Waals surface area contributed by atoms with Gasteiger partial charge in [0.05, 0.1) is 6.10 Å². The zero-order valence-electron chi connectivity index (χ0n) is 25.3. The van der Waals surface area contributed by atoms with Crippen molar-refractivity contribution < 1.29 is 19.4 Å². The monoisotopic (exact) mass is 596 g/mol. The number of halogens is 1. The van der Waals surface area contributed by atoms with E-state index in [4.69, 9.17) is 16.0 Å². The molecule has 3 aromatic rings. The molecule has 6 nitrogen and oxygen atoms in total. The minimum Gasteiger partial charge on any atom is -0.508 e. The van der Waals surface area contributed by atoms with Crippen LogP contribution >= 0.6 is 11.6 Å². The largest absolute Gasteiger partial charge is 0.508 e. The van der Waals surface area contributed by atoms with Gasteiger partial charge in [-0.2, -0.15) is 0 Å². The van der Waals surface area contributed by atoms with Crippen LogP contribution in [0.25, 0.3) is 0 Å². The van der Waals surface area contributed by atoms with Crippen LogP contribution in [0.2, 0.25) is 23.2 Å². The second-order valence-electron chi connectivity index (χ2n) is 12.9. The molecule has 8 heteroatoms. The quantitative estimate of drug-likeness (QED) is 0.164. The zero-order chi connectivity index (χ0) is 30.4. The van der Waals surface area contributed by atoms with Crippen molar-refractivity contribution in [1.29, 1.82) is 0 Å². The maximum atomic E-state index is 12.8. The first kappa shape index (κ1) is 32.7. The number of phenolic OH excluding ortho intramolecular Hbond substituents is 2. The number of nitrogens with one attached hydrogen (secondary N) is 2. The standard InChI is InChI=1S/C33H45ClN2O4Si/c1-32(2,3)41(6,7)40-30(26-18-28(37)20-29(38)19-26)22-36-33(4,5)21-24-9-8-10-25(17-24)31(39)35-16-15-23-11-13-27(34)14-12-23/h8-14,17-20,30,36-38H,15-16,21-22H2,1-7H3,(H,35,39)/t30-/m0/s1. The van der Waals surface area contributed by atoms with E-state index in [0.717, 1.165) is 23.1 Å². The Balaban J connectivity index is 1.66. The smallest absolute Gasteiger partial charge is 0.251 e. The summed E-state index contributed by atoms with van der Waals surface area (Å²) >= 11 is 5.96. The lowest BCUT2D eigenvalue weighted by Gasteiger charge is -2.40. The molecule has 0 bridgehead atoms. The molecule has 0 heterocycles. The van der Waals surface area contributed by atoms with Gasteiger partial charge in [-0.3, -0.25) is 4.79 Å². The molecule has 0 aromatic heterocycles. The molecule has 222 valence electrons. The van der Waals surface area contributed by atoms with Crippen molar-refractivity contribution in [3.05, 3.63) is 94.0 Å². The fourth-order valence-corrected chi connectivity index (χ4v) is 5.81. The van der Waals surface area contributed by atoms with Crippen molar-refractivity contribution in [2.24, 2.45) is 0 Å². The fraction of sp³-hybridized carbons (Fsp3) is 0.424. The van der Waals surface area contributed by atoms with Crippen LogP contribution in [-0.4, -0.2) is 43.1 Å². The lowest BCUT2D eigenvalue weighted by atomic mass is 9.93. The van der Waals surface area contributed by atoms with E-state index in [1.54, 1.807) is 12.1 Å². The Morgan fingerprint density at radius 2 is 1.56 bits per heavy atom. The van der Waals surface area contributed by atoms with Gasteiger partial charge in [-0.1, -0.05) is 56.6 Å². The molecule has 0 unspecified atom stereocenters. The van der Waals surface area contributed by atoms with Gasteiger partial charge in [0.1, 0.15) is 11.5 Å². The number of carbonyl (C=O) groups is 1. The van der Waals surface area contributed by atoms with Crippen molar-refractivity contribution >= 4 is 25.8 Å². The van der Waals surface area contributed by atoms with Gasteiger partial charge in [0, 0.05) is 35.3 Å². The lowest BCUT2D eigenvalue weighted by molar-refractivity contribution is 0.0954. The summed E-state index contributed by atoms with van der Waals surface area (Å²) in [6.07, 6.45) is 1.07. The predicted molar refractivity (Wildman–Crippen MR) is 171 cm³/mol. The molecule has 3 rings (SSSR count). The van der Waals surface area contributed by atoms with E-state index in [9.17, 15) is 15.0 Å². The van der Waals surface area contributed by atoms with E-state index in [2.05, 4.69) is 58.3 Å². The third-order valence-electron chi connectivity index (χ3n) is 7.75. The maximum absolute atomic E-state index is 12.8. The minimum atomic E-state index is -2.17. The van der Waals surface area contributed by atoms with E-state index in [1.165, 1.54) is 6.07 Å². The molecule has 0 radical (unpaired) electrons. The molecule has 0 aliphatic rings. The number of rotatable bonds is 12. The summed E-state index contributed by atoms with van der Waals surface area (Å²) in [6.45, 7) is 16.2. The second-order valence-corrected chi connectivity index (χ2v) is 18.1. The van der Waals surface area contributed by atoms with Crippen molar-refractivity contribution in [2.45, 2.75) is 77.2 Å². The first-order valence-electron chi connectivity index (χ1n) is 14.1. The zero-order valence-corrected chi connectivity index (χ0v) is 27.1. The molecule has 0 aliphatic heterocycles. The Morgan fingerprint density at radius 1 is 0.927 bits per heavy atom. The Bertz CT molecular complexity index is 1300. The third-order valence-corrected chi connectivity index (χ3v) is 12.5. The SMILES string of the molecule is CC(C)(Cc1cccc(C(=O)NCCc2ccc(Cl)cc2)c1)NC[C@H](O[Si](C)(C)C(C)(C)C)c1cc(O)cc(O)c1. The van der Waals surface area contributed by atoms with Crippen LogP contribution in [0.1, 0.15) is 67.8 Å². The minimum absolute atomic E-state index is 0.00450. The van der Waals surface area contributed by atoms with Crippen LogP contribution in [0, 0.1) is 0 Å². The van der Waals surface area contributed by atoms with Crippen LogP contribution in [0.3, 0.4) is 0 Å². The van der Waals surface area contributed by atoms with Gasteiger partial charge >= 0.3 is 0 Å². The number of hydrogen-bond acceptors (Lipinski definition) is 5. The van der Waals surface area contributed by atoms with E-state index in [1.807, 2.05) is 48.5 Å². The Kier molecular flexibility index (Phi) is 10.7. The van der Waals surface area contributed by atoms with Crippen molar-refractivity contribution in [2.75, 3.05) is 13.1 Å². The molecule has 0 saturated heterocycles. The summed E-state index contributed by atoms with van der Waals surface area (Å²) < 4.78 is 6.76. The van der Waals surface area contributed by atoms with Gasteiger partial charge in [-0.25, -0.2) is 0 Å². The molecule has 3 aromatic carbocycles. The summed E-state index contributed by atoms with van der Waals surface area (Å²) in [6, 6.07) is 20.0. The molecule has 41 heavy (non-hydrogen) atoms. The predicted octanol–water partition coefficient (Wildman–Crippen LogP) is 7.40. The number of amides is 1. The van der Waals surface area contributed by atoms with Crippen LogP contribution in [0.15, 0.2) is 66.7 Å². The molecule has 1 amide bonds. The van der Waals surface area contributed by atoms with Gasteiger partial charge in [-0.05, 0) is 97.9 Å². The van der Waals surface area contributed by atoms with Gasteiger partial charge < -0.3 is 25.3 Å². The number of carbonyl (C=O) groups excluding carboxylic acids is 1. The molecule has 4 N–H and O–H groups in total. The van der Waals surface area contributed by atoms with Crippen LogP contribution in [0.5, 0.6) is 11.5 Å². The molecule has 1 atom stereocenters. The fourth-order valence-electron chi connectivity index (χ4n) is 4.40. The number of hydrogen-bond donors (Lipinski definition) is 4. The van der Waals surface area contributed by atoms with Gasteiger partial charge in [0.25, 0.3) is 5.91 Å². The van der Waals surface area contributed by atoms with E-state index in [-0.39, 0.29) is 34.1 Å². The first-order valence-corrected chi connectivity index (χ1v) is 17.4. The average Bonchev–Trinajstić information content (AvgIpc) is 2.86. The summed E-state index contributed by atoms with van der Waals surface area (Å²) in [4.78, 5) is 12.8. The number of aromatic hydroxyl groups is 2. The Labute approximate surface area is 251 Å². The summed E-state index contributed by atoms with van der Waals surface area (Å²) in [5.41, 5.74) is 3.20. The van der Waals surface area contributed by atoms with E-state index >= 15 is 0 Å². The summed E-state index contributed by atoms with van der Waals surface area (Å²) in [7, 11) is -2.17. The average molecular weight is 597 g/mol. The van der Waals surface area contributed by atoms with Crippen molar-refractivity contribution in [3.63, 3.8) is 0 Å². The van der Waals surface area contributed by atoms with Crippen LogP contribution in [0.4, 0.5) is 0 Å². The number of benzene rings is 3. The van der Waals surface area contributed by atoms with E-state index in [0.29, 0.717) is 30.1 Å². The maximum Gasteiger partial charge on any atom is 0.251 e. The number of phenols is 2. The molecular formula is C33H45ClN2O4Si. The Morgan fingerprint density at radius 3 is 2.17 bits per heavy atom. The third kappa shape index (κ3) is 9.89. The molecule has 0 spiro atoms. The molecule has 0 saturated carbocycles. The molecule has 0 fully saturated rings. The highest BCUT2D eigenvalue weighted by molar-refractivity contribution is 6.74.